The average Bonchev–Trinajstić information content (AvgIpc) is 2.31. The van der Waals surface area contributed by atoms with Crippen LogP contribution in [0.1, 0.15) is 6.92 Å². The minimum Gasteiger partial charge on any atom is -0.391 e. The largest absolute Gasteiger partial charge is 0.391 e. The Kier molecular flexibility index (Phi) is 3.46. The van der Waals surface area contributed by atoms with Crippen molar-refractivity contribution in [3.8, 4) is 11.3 Å². The van der Waals surface area contributed by atoms with E-state index in [4.69, 9.17) is 24.2 Å². The predicted molar refractivity (Wildman–Crippen MR) is 50.7 cm³/mol. The van der Waals surface area contributed by atoms with Crippen LogP contribution in [0, 0.1) is 11.3 Å². The van der Waals surface area contributed by atoms with Gasteiger partial charge in [0.15, 0.2) is 5.60 Å². The zero-order valence-corrected chi connectivity index (χ0v) is 8.27. The summed E-state index contributed by atoms with van der Waals surface area (Å²) >= 11 is 5.12. The molecule has 1 heterocycles. The highest BCUT2D eigenvalue weighted by Crippen LogP contribution is 2.30. The summed E-state index contributed by atoms with van der Waals surface area (Å²) in [6.45, 7) is 1.42. The molecule has 1 aliphatic rings. The van der Waals surface area contributed by atoms with Crippen molar-refractivity contribution in [2.45, 2.75) is 36.8 Å². The zero-order chi connectivity index (χ0) is 10.9. The van der Waals surface area contributed by atoms with Gasteiger partial charge in [-0.1, -0.05) is 0 Å². The van der Waals surface area contributed by atoms with E-state index in [0.717, 1.165) is 0 Å². The van der Waals surface area contributed by atoms with E-state index in [1.165, 1.54) is 6.92 Å². The van der Waals surface area contributed by atoms with Crippen molar-refractivity contribution >= 4 is 19.4 Å². The lowest BCUT2D eigenvalue weighted by atomic mass is 9.80. The maximum absolute atomic E-state index is 9.78. The first-order chi connectivity index (χ1) is 6.43. The third-order valence-electron chi connectivity index (χ3n) is 2.22. The Morgan fingerprint density at radius 2 is 2.21 bits per heavy atom. The van der Waals surface area contributed by atoms with Crippen molar-refractivity contribution in [2.24, 2.45) is 0 Å². The van der Waals surface area contributed by atoms with Gasteiger partial charge < -0.3 is 20.1 Å². The average molecular weight is 216 g/mol. The molecular formula is C8H10BClO4. The van der Waals surface area contributed by atoms with Crippen LogP contribution in [0.4, 0.5) is 0 Å². The van der Waals surface area contributed by atoms with E-state index in [1.54, 1.807) is 0 Å². The Hall–Kier alpha value is -0.245. The molecule has 4 nitrogen and oxygen atoms in total. The molecule has 2 radical (unpaired) electrons. The minimum atomic E-state index is -1.93. The highest BCUT2D eigenvalue weighted by Gasteiger charge is 2.53. The molecule has 0 aromatic rings. The van der Waals surface area contributed by atoms with Gasteiger partial charge in [-0.15, -0.1) is 0 Å². The summed E-state index contributed by atoms with van der Waals surface area (Å²) < 4.78 is 4.97. The lowest BCUT2D eigenvalue weighted by Crippen LogP contribution is -2.48. The standard InChI is InChI=1S/C8H10BClO4/c1-4(11)5-6(12)8(13,2-3-10)7(9)14-5/h4-7,11-13H,1H3/t4?,5-,6?,7-,8-/m1/s1. The minimum absolute atomic E-state index is 0.956. The highest BCUT2D eigenvalue weighted by molar-refractivity contribution is 6.30. The summed E-state index contributed by atoms with van der Waals surface area (Å²) in [7, 11) is 5.41. The van der Waals surface area contributed by atoms with Crippen LogP contribution in [0.25, 0.3) is 0 Å². The van der Waals surface area contributed by atoms with Gasteiger partial charge in [0, 0.05) is 5.38 Å². The number of aliphatic hydroxyl groups excluding tert-OH is 2. The lowest BCUT2D eigenvalue weighted by Gasteiger charge is -2.24. The molecule has 0 bridgehead atoms. The third kappa shape index (κ3) is 1.77. The quantitative estimate of drug-likeness (QED) is 0.371. The molecule has 0 amide bonds. The third-order valence-corrected chi connectivity index (χ3v) is 2.32. The fourth-order valence-electron chi connectivity index (χ4n) is 1.36. The molecule has 1 rings (SSSR count). The van der Waals surface area contributed by atoms with Gasteiger partial charge in [-0.2, -0.15) is 0 Å². The first-order valence-electron chi connectivity index (χ1n) is 4.06. The molecule has 0 spiro atoms. The molecule has 0 saturated carbocycles. The van der Waals surface area contributed by atoms with E-state index >= 15 is 0 Å². The second-order valence-electron chi connectivity index (χ2n) is 3.25. The molecule has 0 aromatic carbocycles. The molecule has 0 aliphatic carbocycles. The fraction of sp³-hybridized carbons (Fsp3) is 0.750. The van der Waals surface area contributed by atoms with Crippen molar-refractivity contribution < 1.29 is 20.1 Å². The summed E-state index contributed by atoms with van der Waals surface area (Å²) in [6.07, 6.45) is -3.31. The molecule has 1 fully saturated rings. The van der Waals surface area contributed by atoms with Crippen LogP contribution in [0.15, 0.2) is 0 Å². The van der Waals surface area contributed by atoms with E-state index in [0.29, 0.717) is 0 Å². The van der Waals surface area contributed by atoms with E-state index < -0.39 is 29.9 Å². The van der Waals surface area contributed by atoms with E-state index in [-0.39, 0.29) is 0 Å². The summed E-state index contributed by atoms with van der Waals surface area (Å²) in [5, 5.41) is 30.5. The van der Waals surface area contributed by atoms with Gasteiger partial charge in [-0.3, -0.25) is 0 Å². The van der Waals surface area contributed by atoms with Crippen LogP contribution < -0.4 is 0 Å². The number of hydrogen-bond acceptors (Lipinski definition) is 4. The van der Waals surface area contributed by atoms with E-state index in [2.05, 4.69) is 5.92 Å². The monoisotopic (exact) mass is 216 g/mol. The van der Waals surface area contributed by atoms with Gasteiger partial charge >= 0.3 is 0 Å². The first-order valence-corrected chi connectivity index (χ1v) is 4.43. The smallest absolute Gasteiger partial charge is 0.172 e. The van der Waals surface area contributed by atoms with Crippen LogP contribution >= 0.6 is 11.6 Å². The van der Waals surface area contributed by atoms with Crippen LogP contribution in [0.2, 0.25) is 0 Å². The van der Waals surface area contributed by atoms with Gasteiger partial charge in [0.2, 0.25) is 0 Å². The van der Waals surface area contributed by atoms with Crippen LogP contribution in [-0.2, 0) is 4.74 Å². The summed E-state index contributed by atoms with van der Waals surface area (Å²) in [5.41, 5.74) is -1.93. The fourth-order valence-corrected chi connectivity index (χ4v) is 1.52. The summed E-state index contributed by atoms with van der Waals surface area (Å²) in [4.78, 5) is 0. The summed E-state index contributed by atoms with van der Waals surface area (Å²) in [6, 6.07) is -1.19. The number of hydrogen-bond donors (Lipinski definition) is 3. The lowest BCUT2D eigenvalue weighted by molar-refractivity contribution is -0.0520. The Morgan fingerprint density at radius 1 is 1.64 bits per heavy atom. The maximum atomic E-state index is 9.78. The Balaban J connectivity index is 2.93. The van der Waals surface area contributed by atoms with Crippen LogP contribution in [-0.4, -0.2) is 53.1 Å². The van der Waals surface area contributed by atoms with Gasteiger partial charge in [0.1, 0.15) is 20.1 Å². The Morgan fingerprint density at radius 3 is 2.57 bits per heavy atom. The highest BCUT2D eigenvalue weighted by atomic mass is 35.5. The van der Waals surface area contributed by atoms with Gasteiger partial charge in [0.25, 0.3) is 0 Å². The van der Waals surface area contributed by atoms with E-state index in [1.807, 2.05) is 5.38 Å². The second kappa shape index (κ2) is 4.09. The number of halogens is 1. The molecule has 6 heteroatoms. The molecule has 0 aromatic heterocycles. The topological polar surface area (TPSA) is 69.9 Å². The van der Waals surface area contributed by atoms with Crippen molar-refractivity contribution in [1.29, 1.82) is 0 Å². The van der Waals surface area contributed by atoms with Crippen molar-refractivity contribution in [2.75, 3.05) is 0 Å². The molecule has 76 valence electrons. The molecular weight excluding hydrogens is 206 g/mol. The Labute approximate surface area is 88.2 Å². The number of ether oxygens (including phenoxy) is 1. The second-order valence-corrected chi connectivity index (χ2v) is 3.44. The molecule has 5 atom stereocenters. The molecule has 1 aliphatic heterocycles. The van der Waals surface area contributed by atoms with Gasteiger partial charge in [-0.25, -0.2) is 0 Å². The maximum Gasteiger partial charge on any atom is 0.172 e. The first kappa shape index (κ1) is 11.8. The molecule has 1 saturated heterocycles. The van der Waals surface area contributed by atoms with Gasteiger partial charge in [0.05, 0.1) is 12.1 Å². The number of aliphatic hydroxyl groups is 3. The predicted octanol–water partition coefficient (Wildman–Crippen LogP) is -1.45. The van der Waals surface area contributed by atoms with Gasteiger partial charge in [-0.05, 0) is 24.4 Å². The Bertz CT molecular complexity index is 274. The summed E-state index contributed by atoms with van der Waals surface area (Å²) in [5.74, 6) is 2.17. The van der Waals surface area contributed by atoms with Crippen LogP contribution in [0.3, 0.4) is 0 Å². The van der Waals surface area contributed by atoms with Crippen LogP contribution in [0.5, 0.6) is 0 Å². The molecule has 14 heavy (non-hydrogen) atoms. The zero-order valence-electron chi connectivity index (χ0n) is 7.51. The SMILES string of the molecule is [B][C@@H]1O[C@H](C(C)O)C(O)[C@]1(O)C#CCl. The van der Waals surface area contributed by atoms with Crippen molar-refractivity contribution in [3.05, 3.63) is 0 Å². The molecule has 2 unspecified atom stereocenters. The van der Waals surface area contributed by atoms with Crippen molar-refractivity contribution in [3.63, 3.8) is 0 Å². The van der Waals surface area contributed by atoms with E-state index in [9.17, 15) is 15.3 Å². The molecule has 3 N–H and O–H groups in total. The number of rotatable bonds is 1. The normalized spacial score (nSPS) is 44.2. The van der Waals surface area contributed by atoms with Crippen molar-refractivity contribution in [1.82, 2.24) is 0 Å².